The van der Waals surface area contributed by atoms with Gasteiger partial charge in [-0.3, -0.25) is 9.35 Å². The Morgan fingerprint density at radius 3 is 1.45 bits per heavy atom. The van der Waals surface area contributed by atoms with Gasteiger partial charge in [0, 0.05) is 0 Å². The zero-order chi connectivity index (χ0) is 37.7. The van der Waals surface area contributed by atoms with E-state index < -0.39 is 40.0 Å². The van der Waals surface area contributed by atoms with Crippen LogP contribution in [0.1, 0.15) is 181 Å². The van der Waals surface area contributed by atoms with E-state index in [2.05, 4.69) is 67.8 Å². The normalized spacial score (nSPS) is 14.5. The van der Waals surface area contributed by atoms with Crippen molar-refractivity contribution in [1.29, 1.82) is 0 Å². The Labute approximate surface area is 314 Å². The third-order valence-corrected chi connectivity index (χ3v) is 9.81. The maximum absolute atomic E-state index is 12.6. The lowest BCUT2D eigenvalue weighted by Crippen LogP contribution is -2.50. The van der Waals surface area contributed by atoms with E-state index in [1.54, 1.807) is 6.08 Å². The number of amides is 1. The minimum atomic E-state index is -4.46. The summed E-state index contributed by atoms with van der Waals surface area (Å²) in [5, 5.41) is 23.3. The van der Waals surface area contributed by atoms with Gasteiger partial charge in [0.2, 0.25) is 5.91 Å². The van der Waals surface area contributed by atoms with Crippen molar-refractivity contribution in [3.63, 3.8) is 0 Å². The molecule has 0 aromatic rings. The van der Waals surface area contributed by atoms with Gasteiger partial charge in [0.1, 0.15) is 6.10 Å². The highest BCUT2D eigenvalue weighted by Gasteiger charge is 2.27. The predicted molar refractivity (Wildman–Crippen MR) is 217 cm³/mol. The van der Waals surface area contributed by atoms with Gasteiger partial charge in [-0.15, -0.1) is 0 Å². The summed E-state index contributed by atoms with van der Waals surface area (Å²) in [5.41, 5.74) is 0. The smallest absolute Gasteiger partial charge is 0.267 e. The van der Waals surface area contributed by atoms with Crippen LogP contribution in [-0.2, 0) is 14.9 Å². The van der Waals surface area contributed by atoms with Crippen LogP contribution in [0.15, 0.2) is 60.8 Å². The number of unbranched alkanes of at least 4 members (excludes halogenated alkanes) is 20. The maximum atomic E-state index is 12.6. The molecule has 0 aromatic carbocycles. The van der Waals surface area contributed by atoms with Crippen LogP contribution in [0.25, 0.3) is 0 Å². The van der Waals surface area contributed by atoms with Crippen molar-refractivity contribution in [3.05, 3.63) is 60.8 Å². The van der Waals surface area contributed by atoms with Crippen molar-refractivity contribution in [3.8, 4) is 0 Å². The van der Waals surface area contributed by atoms with Gasteiger partial charge < -0.3 is 15.5 Å². The molecule has 0 heterocycles. The topological polar surface area (TPSA) is 124 Å². The van der Waals surface area contributed by atoms with Crippen LogP contribution >= 0.6 is 0 Å². The number of aliphatic hydroxyl groups excluding tert-OH is 2. The molecule has 7 nitrogen and oxygen atoms in total. The average molecular weight is 736 g/mol. The first kappa shape index (κ1) is 49.0. The molecular formula is C43H77NO6S. The summed E-state index contributed by atoms with van der Waals surface area (Å²) < 4.78 is 32.5. The van der Waals surface area contributed by atoms with Crippen LogP contribution in [0.5, 0.6) is 0 Å². The summed E-state index contributed by atoms with van der Waals surface area (Å²) >= 11 is 0. The van der Waals surface area contributed by atoms with Gasteiger partial charge in [-0.2, -0.15) is 8.42 Å². The minimum Gasteiger partial charge on any atom is -0.387 e. The van der Waals surface area contributed by atoms with Gasteiger partial charge in [0.05, 0.1) is 17.9 Å². The van der Waals surface area contributed by atoms with Crippen LogP contribution in [0.2, 0.25) is 0 Å². The molecule has 0 aliphatic rings. The fourth-order valence-corrected chi connectivity index (χ4v) is 6.56. The van der Waals surface area contributed by atoms with Crippen LogP contribution in [0.3, 0.4) is 0 Å². The van der Waals surface area contributed by atoms with E-state index >= 15 is 0 Å². The van der Waals surface area contributed by atoms with Crippen molar-refractivity contribution >= 4 is 16.0 Å². The zero-order valence-corrected chi connectivity index (χ0v) is 33.4. The van der Waals surface area contributed by atoms with E-state index in [-0.39, 0.29) is 6.42 Å². The second kappa shape index (κ2) is 36.4. The number of hydrogen-bond donors (Lipinski definition) is 4. The lowest BCUT2D eigenvalue weighted by Gasteiger charge is -2.22. The monoisotopic (exact) mass is 736 g/mol. The summed E-state index contributed by atoms with van der Waals surface area (Å²) in [6.45, 7) is 4.47. The molecular weight excluding hydrogens is 659 g/mol. The Morgan fingerprint density at radius 2 is 0.941 bits per heavy atom. The Hall–Kier alpha value is -2.00. The van der Waals surface area contributed by atoms with E-state index in [4.69, 9.17) is 0 Å². The molecule has 0 aromatic heterocycles. The Kier molecular flexibility index (Phi) is 34.9. The number of carbonyl (C=O) groups is 1. The predicted octanol–water partition coefficient (Wildman–Crippen LogP) is 11.0. The lowest BCUT2D eigenvalue weighted by atomic mass is 10.1. The van der Waals surface area contributed by atoms with E-state index in [1.807, 2.05) is 0 Å². The van der Waals surface area contributed by atoms with E-state index in [0.717, 1.165) is 64.2 Å². The third kappa shape index (κ3) is 36.2. The summed E-state index contributed by atoms with van der Waals surface area (Å²) in [7, 11) is -4.46. The standard InChI is InChI=1S/C43H77NO6S/c1-3-5-7-9-11-13-15-17-19-20-21-22-23-24-26-27-29-31-33-35-37-41(45)40(39-51(48,49)50)44-43(47)42(46)38-36-34-32-30-28-25-18-16-14-12-10-8-6-4-2/h12,14,16,18,22-23,27,29,35,37,40-42,45-46H,3-11,13,15,17,19-21,24-26,28,30-34,36,38-39H2,1-2H3,(H,44,47)(H,48,49,50)/b14-12-,18-16-,23-22+,29-27+,37-35+. The molecule has 0 bridgehead atoms. The van der Waals surface area contributed by atoms with Gasteiger partial charge in [-0.1, -0.05) is 171 Å². The fraction of sp³-hybridized carbons (Fsp3) is 0.744. The first-order valence-corrected chi connectivity index (χ1v) is 22.2. The Balaban J connectivity index is 4.16. The number of aliphatic hydroxyl groups is 2. The number of rotatable bonds is 36. The summed E-state index contributed by atoms with van der Waals surface area (Å²) in [6, 6.07) is -1.26. The highest BCUT2D eigenvalue weighted by molar-refractivity contribution is 7.85. The molecule has 1 amide bonds. The molecule has 3 unspecified atom stereocenters. The molecule has 51 heavy (non-hydrogen) atoms. The largest absolute Gasteiger partial charge is 0.387 e. The molecule has 0 radical (unpaired) electrons. The molecule has 296 valence electrons. The second-order valence-corrected chi connectivity index (χ2v) is 15.6. The summed E-state index contributed by atoms with van der Waals surface area (Å²) in [6.07, 6.45) is 47.0. The SMILES string of the molecule is CCCCC/C=C\C=C/CCCCCCCC(O)C(=O)NC(CS(=O)(=O)O)C(O)/C=C/CC/C=C/CC/C=C/CCCCCCCCCCCC. The van der Waals surface area contributed by atoms with E-state index in [1.165, 1.54) is 89.5 Å². The quantitative estimate of drug-likeness (QED) is 0.0220. The molecule has 0 aliphatic carbocycles. The van der Waals surface area contributed by atoms with Gasteiger partial charge in [-0.25, -0.2) is 0 Å². The molecule has 4 N–H and O–H groups in total. The molecule has 0 spiro atoms. The van der Waals surface area contributed by atoms with Gasteiger partial charge in [0.15, 0.2) is 0 Å². The molecule has 0 saturated carbocycles. The molecule has 3 atom stereocenters. The van der Waals surface area contributed by atoms with Crippen molar-refractivity contribution in [2.45, 2.75) is 199 Å². The van der Waals surface area contributed by atoms with Crippen molar-refractivity contribution in [1.82, 2.24) is 5.32 Å². The Morgan fingerprint density at radius 1 is 0.549 bits per heavy atom. The summed E-state index contributed by atoms with van der Waals surface area (Å²) in [5.74, 6) is -1.59. The van der Waals surface area contributed by atoms with Crippen LogP contribution in [0, 0.1) is 0 Å². The molecule has 0 saturated heterocycles. The minimum absolute atomic E-state index is 0.251. The zero-order valence-electron chi connectivity index (χ0n) is 32.6. The molecule has 0 rings (SSSR count). The van der Waals surface area contributed by atoms with Gasteiger partial charge in [-0.05, 0) is 70.6 Å². The lowest BCUT2D eigenvalue weighted by molar-refractivity contribution is -0.130. The molecule has 0 aliphatic heterocycles. The number of hydrogen-bond acceptors (Lipinski definition) is 5. The molecule has 8 heteroatoms. The van der Waals surface area contributed by atoms with Crippen LogP contribution in [0.4, 0.5) is 0 Å². The first-order chi connectivity index (χ1) is 24.7. The van der Waals surface area contributed by atoms with E-state index in [0.29, 0.717) is 12.8 Å². The second-order valence-electron chi connectivity index (χ2n) is 14.1. The highest BCUT2D eigenvalue weighted by atomic mass is 32.2. The van der Waals surface area contributed by atoms with Gasteiger partial charge in [0.25, 0.3) is 10.1 Å². The average Bonchev–Trinajstić information content (AvgIpc) is 3.09. The number of allylic oxidation sites excluding steroid dienone is 9. The third-order valence-electron chi connectivity index (χ3n) is 9.03. The van der Waals surface area contributed by atoms with Crippen LogP contribution < -0.4 is 5.32 Å². The van der Waals surface area contributed by atoms with Crippen LogP contribution in [-0.4, -0.2) is 53.1 Å². The highest BCUT2D eigenvalue weighted by Crippen LogP contribution is 2.13. The van der Waals surface area contributed by atoms with Crippen molar-refractivity contribution in [2.24, 2.45) is 0 Å². The first-order valence-electron chi connectivity index (χ1n) is 20.6. The Bertz CT molecular complexity index is 1050. The number of nitrogens with one attached hydrogen (secondary N) is 1. The molecule has 0 fully saturated rings. The van der Waals surface area contributed by atoms with Gasteiger partial charge >= 0.3 is 0 Å². The van der Waals surface area contributed by atoms with Crippen molar-refractivity contribution in [2.75, 3.05) is 5.75 Å². The fourth-order valence-electron chi connectivity index (χ4n) is 5.83. The van der Waals surface area contributed by atoms with Crippen molar-refractivity contribution < 1.29 is 28.0 Å². The summed E-state index contributed by atoms with van der Waals surface area (Å²) in [4.78, 5) is 12.6. The van der Waals surface area contributed by atoms with E-state index in [9.17, 15) is 28.0 Å². The maximum Gasteiger partial charge on any atom is 0.267 e. The number of carbonyl (C=O) groups excluding carboxylic acids is 1.